The molecule has 0 aliphatic carbocycles. The van der Waals surface area contributed by atoms with Crippen molar-refractivity contribution in [3.8, 4) is 5.75 Å². The molecule has 55 heavy (non-hydrogen) atoms. The van der Waals surface area contributed by atoms with Crippen molar-refractivity contribution in [2.24, 2.45) is 0 Å². The Morgan fingerprint density at radius 2 is 1.64 bits per heavy atom. The number of rotatable bonds is 18. The zero-order valence-electron chi connectivity index (χ0n) is 31.3. The van der Waals surface area contributed by atoms with Gasteiger partial charge in [-0.2, -0.15) is 0 Å². The number of phenolic OH excluding ortho intramolecular Hbond substituents is 1. The molecule has 4 heterocycles. The first kappa shape index (κ1) is 38.1. The largest absolute Gasteiger partial charge is 0.507 e. The molecule has 5 N–H and O–H groups in total. The maximum atomic E-state index is 13.1. The molecule has 4 aliphatic heterocycles. The van der Waals surface area contributed by atoms with Gasteiger partial charge in [-0.15, -0.1) is 0 Å². The van der Waals surface area contributed by atoms with E-state index in [-0.39, 0.29) is 30.3 Å². The molecule has 3 saturated heterocycles. The average Bonchev–Trinajstić information content (AvgIpc) is 3.86. The molecule has 0 radical (unpaired) electrons. The van der Waals surface area contributed by atoms with Gasteiger partial charge in [-0.05, 0) is 87.2 Å². The number of nitrogens with one attached hydrogen (secondary N) is 3. The van der Waals surface area contributed by atoms with Crippen LogP contribution in [0.1, 0.15) is 95.9 Å². The Balaban J connectivity index is 0.718. The van der Waals surface area contributed by atoms with Gasteiger partial charge in [0.1, 0.15) is 11.8 Å². The van der Waals surface area contributed by atoms with Gasteiger partial charge in [-0.25, -0.2) is 0 Å². The van der Waals surface area contributed by atoms with E-state index < -0.39 is 24.1 Å². The topological polar surface area (TPSA) is 155 Å². The molecular weight excluding hydrogens is 697 g/mol. The van der Waals surface area contributed by atoms with Crippen LogP contribution in [0, 0.1) is 0 Å². The van der Waals surface area contributed by atoms with Crippen LogP contribution in [-0.2, 0) is 16.0 Å². The number of carbonyl (C=O) groups is 4. The molecule has 4 atom stereocenters. The van der Waals surface area contributed by atoms with Crippen molar-refractivity contribution >= 4 is 34.9 Å². The number of imide groups is 1. The summed E-state index contributed by atoms with van der Waals surface area (Å²) in [5.74, 6) is -1.46. The first-order chi connectivity index (χ1) is 26.8. The molecule has 290 valence electrons. The van der Waals surface area contributed by atoms with E-state index in [0.29, 0.717) is 28.8 Å². The van der Waals surface area contributed by atoms with Gasteiger partial charge < -0.3 is 30.6 Å². The Kier molecular flexibility index (Phi) is 12.1. The van der Waals surface area contributed by atoms with Gasteiger partial charge in [0.15, 0.2) is 12.0 Å². The molecule has 3 amide bonds. The Labute approximate surface area is 322 Å². The minimum Gasteiger partial charge on any atom is -0.507 e. The molecule has 4 aliphatic rings. The molecule has 12 nitrogen and oxygen atoms in total. The highest BCUT2D eigenvalue weighted by atomic mass is 16.3. The maximum Gasteiger partial charge on any atom is 0.257 e. The predicted octanol–water partition coefficient (Wildman–Crippen LogP) is 4.89. The van der Waals surface area contributed by atoms with Crippen LogP contribution in [0.15, 0.2) is 79.0 Å². The normalized spacial score (nSPS) is 21.8. The number of para-hydroxylation sites is 1. The number of allylic oxidation sites excluding steroid dienone is 1. The number of aromatic hydroxyl groups is 1. The number of nitrogens with zero attached hydrogens (tertiary/aromatic N) is 3. The third-order valence-electron chi connectivity index (χ3n) is 11.4. The molecule has 0 spiro atoms. The van der Waals surface area contributed by atoms with Crippen LogP contribution in [0.2, 0.25) is 0 Å². The fraction of sp³-hybridized carbons (Fsp3) is 0.442. The molecule has 3 fully saturated rings. The minimum atomic E-state index is -1.20. The highest BCUT2D eigenvalue weighted by Gasteiger charge is 2.45. The zero-order chi connectivity index (χ0) is 38.3. The number of benzene rings is 3. The summed E-state index contributed by atoms with van der Waals surface area (Å²) in [6.45, 7) is 4.60. The van der Waals surface area contributed by atoms with Gasteiger partial charge in [0.05, 0.1) is 5.56 Å². The summed E-state index contributed by atoms with van der Waals surface area (Å²) in [6.07, 6.45) is 11.6. The van der Waals surface area contributed by atoms with Crippen molar-refractivity contribution in [2.75, 3.05) is 42.9 Å². The van der Waals surface area contributed by atoms with E-state index in [4.69, 9.17) is 0 Å². The number of phenols is 1. The van der Waals surface area contributed by atoms with E-state index >= 15 is 0 Å². The summed E-state index contributed by atoms with van der Waals surface area (Å²) >= 11 is 0. The Morgan fingerprint density at radius 1 is 0.873 bits per heavy atom. The lowest BCUT2D eigenvalue weighted by molar-refractivity contribution is -0.139. The van der Waals surface area contributed by atoms with E-state index in [1.165, 1.54) is 41.5 Å². The van der Waals surface area contributed by atoms with Crippen LogP contribution in [0.5, 0.6) is 5.75 Å². The van der Waals surface area contributed by atoms with E-state index in [2.05, 4.69) is 50.0 Å². The molecule has 0 saturated carbocycles. The SMILES string of the molecule is O=C1CCC(N2C(=O)c3cc(NCCCCCCCCNCCc4ccc(N5C[C@H]6C[C@@H]5CN6/C=C/C(=O)c5ccccc5O)cc4)ccc3C2O)C(=O)N1. The number of piperidine rings is 1. The van der Waals surface area contributed by atoms with E-state index in [9.17, 15) is 29.4 Å². The van der Waals surface area contributed by atoms with Crippen molar-refractivity contribution in [1.82, 2.24) is 20.4 Å². The highest BCUT2D eigenvalue weighted by molar-refractivity contribution is 6.07. The summed E-state index contributed by atoms with van der Waals surface area (Å²) < 4.78 is 0. The van der Waals surface area contributed by atoms with Gasteiger partial charge in [-0.1, -0.05) is 56.0 Å². The van der Waals surface area contributed by atoms with Gasteiger partial charge in [0, 0.05) is 72.9 Å². The van der Waals surface area contributed by atoms with Crippen molar-refractivity contribution in [1.29, 1.82) is 0 Å². The highest BCUT2D eigenvalue weighted by Crippen LogP contribution is 2.37. The zero-order valence-corrected chi connectivity index (χ0v) is 31.3. The van der Waals surface area contributed by atoms with Crippen LogP contribution in [-0.4, -0.2) is 94.4 Å². The Morgan fingerprint density at radius 3 is 2.38 bits per heavy atom. The molecule has 3 aromatic carbocycles. The number of anilines is 2. The third-order valence-corrected chi connectivity index (χ3v) is 11.4. The van der Waals surface area contributed by atoms with Gasteiger partial charge in [-0.3, -0.25) is 29.4 Å². The Hall–Kier alpha value is -5.20. The van der Waals surface area contributed by atoms with Crippen molar-refractivity contribution in [3.05, 3.63) is 101 Å². The fourth-order valence-corrected chi connectivity index (χ4v) is 8.39. The molecule has 12 heteroatoms. The van der Waals surface area contributed by atoms with Crippen LogP contribution >= 0.6 is 0 Å². The number of fused-ring (bicyclic) bond motifs is 3. The summed E-state index contributed by atoms with van der Waals surface area (Å²) in [4.78, 5) is 55.4. The monoisotopic (exact) mass is 748 g/mol. The second-order valence-corrected chi connectivity index (χ2v) is 15.2. The average molecular weight is 749 g/mol. The number of aliphatic hydroxyl groups excluding tert-OH is 1. The second kappa shape index (κ2) is 17.5. The summed E-state index contributed by atoms with van der Waals surface area (Å²) in [5, 5.41) is 30.0. The molecule has 3 aromatic rings. The number of aliphatic hydroxyl groups is 1. The Bertz CT molecular complexity index is 1900. The minimum absolute atomic E-state index is 0.0139. The number of carbonyl (C=O) groups excluding carboxylic acids is 4. The lowest BCUT2D eigenvalue weighted by Crippen LogP contribution is -2.53. The van der Waals surface area contributed by atoms with Crippen molar-refractivity contribution < 1.29 is 29.4 Å². The van der Waals surface area contributed by atoms with Crippen LogP contribution < -0.4 is 20.9 Å². The molecule has 2 unspecified atom stereocenters. The van der Waals surface area contributed by atoms with E-state index in [0.717, 1.165) is 70.5 Å². The van der Waals surface area contributed by atoms with Crippen LogP contribution in [0.25, 0.3) is 0 Å². The number of hydrogen-bond acceptors (Lipinski definition) is 10. The number of likely N-dealkylation sites (tertiary alicyclic amines) is 1. The van der Waals surface area contributed by atoms with E-state index in [1.807, 2.05) is 12.3 Å². The summed E-state index contributed by atoms with van der Waals surface area (Å²) in [5.41, 5.74) is 4.60. The van der Waals surface area contributed by atoms with Crippen LogP contribution in [0.3, 0.4) is 0 Å². The lowest BCUT2D eigenvalue weighted by Gasteiger charge is -2.35. The standard InChI is InChI=1S/C43H52N6O6/c50-38-10-6-5-9-35(38)39(51)20-24-47-27-33-26-32(47)28-48(33)31-14-11-29(12-15-31)19-23-44-21-7-3-1-2-4-8-22-45-30-13-16-34-36(25-30)43(55)49(42(34)54)37-17-18-40(52)46-41(37)53/h5-6,9-16,20,24-25,32-33,37,42,44-45,50,54H,1-4,7-8,17-19,21-23,26-28H2,(H,46,52,53)/b24-20+/t32-,33-,37?,42?/m1/s1. The fourth-order valence-electron chi connectivity index (χ4n) is 8.39. The molecule has 0 aromatic heterocycles. The van der Waals surface area contributed by atoms with Crippen LogP contribution in [0.4, 0.5) is 11.4 Å². The number of unbranched alkanes of at least 4 members (excludes halogenated alkanes) is 5. The number of piperazine rings is 1. The number of ketones is 1. The predicted molar refractivity (Wildman–Crippen MR) is 211 cm³/mol. The molecular formula is C43H52N6O6. The second-order valence-electron chi connectivity index (χ2n) is 15.2. The number of hydrogen-bond donors (Lipinski definition) is 5. The number of amides is 3. The summed E-state index contributed by atoms with van der Waals surface area (Å²) in [6, 6.07) is 20.9. The van der Waals surface area contributed by atoms with Gasteiger partial charge in [0.25, 0.3) is 5.91 Å². The summed E-state index contributed by atoms with van der Waals surface area (Å²) in [7, 11) is 0. The first-order valence-electron chi connectivity index (χ1n) is 19.8. The van der Waals surface area contributed by atoms with Gasteiger partial charge >= 0.3 is 0 Å². The first-order valence-corrected chi connectivity index (χ1v) is 19.8. The van der Waals surface area contributed by atoms with Crippen molar-refractivity contribution in [2.45, 2.75) is 88.6 Å². The molecule has 2 bridgehead atoms. The van der Waals surface area contributed by atoms with Gasteiger partial charge in [0.2, 0.25) is 11.8 Å². The maximum absolute atomic E-state index is 13.1. The molecule has 7 rings (SSSR count). The third kappa shape index (κ3) is 8.87. The lowest BCUT2D eigenvalue weighted by atomic mass is 10.0. The quantitative estimate of drug-likeness (QED) is 0.0526. The smallest absolute Gasteiger partial charge is 0.257 e. The van der Waals surface area contributed by atoms with E-state index in [1.54, 1.807) is 36.4 Å². The van der Waals surface area contributed by atoms with Crippen molar-refractivity contribution in [3.63, 3.8) is 0 Å².